The molecule has 0 unspecified atom stereocenters. The Balaban J connectivity index is 2.48. The Labute approximate surface area is 131 Å². The Morgan fingerprint density at radius 2 is 2.19 bits per heavy atom. The standard InChI is InChI=1S/C15H17BrFNO3/c1-3-10(2)18-14(19)9-21-15(20)7-4-11-8-12(16)5-6-13(11)17/h4-8,10H,3,9H2,1-2H3,(H,18,19)/b7-4+/t10-/m0/s1. The Morgan fingerprint density at radius 1 is 1.48 bits per heavy atom. The van der Waals surface area contributed by atoms with Crippen molar-refractivity contribution in [2.24, 2.45) is 0 Å². The Bertz CT molecular complexity index is 546. The average molecular weight is 358 g/mol. The Morgan fingerprint density at radius 3 is 2.86 bits per heavy atom. The minimum absolute atomic E-state index is 0.0301. The van der Waals surface area contributed by atoms with Crippen molar-refractivity contribution in [3.63, 3.8) is 0 Å². The molecule has 0 spiro atoms. The topological polar surface area (TPSA) is 55.4 Å². The van der Waals surface area contributed by atoms with Crippen LogP contribution in [0.15, 0.2) is 28.7 Å². The lowest BCUT2D eigenvalue weighted by molar-refractivity contribution is -0.144. The number of halogens is 2. The van der Waals surface area contributed by atoms with Gasteiger partial charge in [0.15, 0.2) is 6.61 Å². The van der Waals surface area contributed by atoms with Gasteiger partial charge in [0.05, 0.1) is 0 Å². The summed E-state index contributed by atoms with van der Waals surface area (Å²) >= 11 is 3.21. The van der Waals surface area contributed by atoms with Crippen molar-refractivity contribution in [2.75, 3.05) is 6.61 Å². The molecule has 1 rings (SSSR count). The van der Waals surface area contributed by atoms with Gasteiger partial charge in [-0.15, -0.1) is 0 Å². The van der Waals surface area contributed by atoms with E-state index in [-0.39, 0.29) is 24.1 Å². The normalized spacial score (nSPS) is 12.2. The first-order chi connectivity index (χ1) is 9.92. The van der Waals surface area contributed by atoms with Crippen molar-refractivity contribution < 1.29 is 18.7 Å². The van der Waals surface area contributed by atoms with Crippen LogP contribution in [0.1, 0.15) is 25.8 Å². The SMILES string of the molecule is CC[C@H](C)NC(=O)COC(=O)/C=C/c1cc(Br)ccc1F. The lowest BCUT2D eigenvalue weighted by Crippen LogP contribution is -2.35. The summed E-state index contributed by atoms with van der Waals surface area (Å²) in [5.41, 5.74) is 0.255. The second-order valence-electron chi connectivity index (χ2n) is 4.48. The minimum atomic E-state index is -0.700. The third-order valence-electron chi connectivity index (χ3n) is 2.72. The van der Waals surface area contributed by atoms with E-state index in [0.717, 1.165) is 12.5 Å². The minimum Gasteiger partial charge on any atom is -0.452 e. The number of ether oxygens (including phenoxy) is 1. The van der Waals surface area contributed by atoms with E-state index in [1.54, 1.807) is 6.07 Å². The molecule has 0 radical (unpaired) electrons. The summed E-state index contributed by atoms with van der Waals surface area (Å²) in [5.74, 6) is -1.51. The summed E-state index contributed by atoms with van der Waals surface area (Å²) in [6.45, 7) is 3.44. The fourth-order valence-electron chi connectivity index (χ4n) is 1.40. The highest BCUT2D eigenvalue weighted by atomic mass is 79.9. The quantitative estimate of drug-likeness (QED) is 0.628. The van der Waals surface area contributed by atoms with Crippen LogP contribution in [-0.4, -0.2) is 24.5 Å². The van der Waals surface area contributed by atoms with Gasteiger partial charge < -0.3 is 10.1 Å². The van der Waals surface area contributed by atoms with E-state index in [1.165, 1.54) is 18.2 Å². The van der Waals surface area contributed by atoms with Crippen molar-refractivity contribution in [1.29, 1.82) is 0 Å². The number of hydrogen-bond donors (Lipinski definition) is 1. The summed E-state index contributed by atoms with van der Waals surface area (Å²) in [7, 11) is 0. The van der Waals surface area contributed by atoms with Crippen LogP contribution in [0.3, 0.4) is 0 Å². The number of rotatable bonds is 6. The molecule has 114 valence electrons. The maximum atomic E-state index is 13.4. The zero-order chi connectivity index (χ0) is 15.8. The molecular formula is C15H17BrFNO3. The molecule has 4 nitrogen and oxygen atoms in total. The molecule has 1 N–H and O–H groups in total. The number of amides is 1. The van der Waals surface area contributed by atoms with Crippen LogP contribution < -0.4 is 5.32 Å². The molecule has 1 atom stereocenters. The van der Waals surface area contributed by atoms with Crippen LogP contribution in [-0.2, 0) is 14.3 Å². The molecule has 0 aromatic heterocycles. The van der Waals surface area contributed by atoms with Crippen molar-refractivity contribution >= 4 is 33.9 Å². The van der Waals surface area contributed by atoms with Gasteiger partial charge >= 0.3 is 5.97 Å². The third-order valence-corrected chi connectivity index (χ3v) is 3.22. The molecule has 0 aliphatic carbocycles. The van der Waals surface area contributed by atoms with E-state index in [0.29, 0.717) is 4.47 Å². The van der Waals surface area contributed by atoms with Gasteiger partial charge in [-0.2, -0.15) is 0 Å². The first-order valence-electron chi connectivity index (χ1n) is 6.51. The van der Waals surface area contributed by atoms with Gasteiger partial charge in [-0.3, -0.25) is 4.79 Å². The summed E-state index contributed by atoms with van der Waals surface area (Å²) in [4.78, 5) is 22.9. The summed E-state index contributed by atoms with van der Waals surface area (Å²) in [6.07, 6.45) is 3.18. The van der Waals surface area contributed by atoms with Crippen molar-refractivity contribution in [2.45, 2.75) is 26.3 Å². The number of benzene rings is 1. The fraction of sp³-hybridized carbons (Fsp3) is 0.333. The van der Waals surface area contributed by atoms with Crippen LogP contribution in [0.5, 0.6) is 0 Å². The molecule has 0 aliphatic rings. The van der Waals surface area contributed by atoms with Gasteiger partial charge in [-0.1, -0.05) is 22.9 Å². The largest absolute Gasteiger partial charge is 0.452 e. The number of carbonyl (C=O) groups is 2. The molecule has 1 amide bonds. The zero-order valence-corrected chi connectivity index (χ0v) is 13.4. The van der Waals surface area contributed by atoms with E-state index < -0.39 is 11.8 Å². The summed E-state index contributed by atoms with van der Waals surface area (Å²) < 4.78 is 18.9. The fourth-order valence-corrected chi connectivity index (χ4v) is 1.78. The lowest BCUT2D eigenvalue weighted by Gasteiger charge is -2.10. The van der Waals surface area contributed by atoms with Gasteiger partial charge in [0, 0.05) is 22.2 Å². The maximum absolute atomic E-state index is 13.4. The molecule has 1 aromatic carbocycles. The van der Waals surface area contributed by atoms with Crippen LogP contribution >= 0.6 is 15.9 Å². The molecule has 0 fully saturated rings. The van der Waals surface area contributed by atoms with E-state index in [2.05, 4.69) is 21.2 Å². The number of nitrogens with one attached hydrogen (secondary N) is 1. The molecule has 0 aliphatic heterocycles. The van der Waals surface area contributed by atoms with Gasteiger partial charge in [-0.05, 0) is 37.6 Å². The number of carbonyl (C=O) groups excluding carboxylic acids is 2. The first-order valence-corrected chi connectivity index (χ1v) is 7.31. The molecule has 21 heavy (non-hydrogen) atoms. The van der Waals surface area contributed by atoms with Gasteiger partial charge in [0.25, 0.3) is 5.91 Å². The highest BCUT2D eigenvalue weighted by Gasteiger charge is 2.08. The second-order valence-corrected chi connectivity index (χ2v) is 5.40. The van der Waals surface area contributed by atoms with Crippen molar-refractivity contribution in [3.8, 4) is 0 Å². The van der Waals surface area contributed by atoms with Gasteiger partial charge in [-0.25, -0.2) is 9.18 Å². The van der Waals surface area contributed by atoms with Crippen LogP contribution in [0.25, 0.3) is 6.08 Å². The van der Waals surface area contributed by atoms with Crippen LogP contribution in [0, 0.1) is 5.82 Å². The zero-order valence-electron chi connectivity index (χ0n) is 11.9. The van der Waals surface area contributed by atoms with Gasteiger partial charge in [0.2, 0.25) is 0 Å². The highest BCUT2D eigenvalue weighted by molar-refractivity contribution is 9.10. The Kier molecular flexibility index (Phi) is 7.08. The van der Waals surface area contributed by atoms with Gasteiger partial charge in [0.1, 0.15) is 5.82 Å². The first kappa shape index (κ1) is 17.4. The van der Waals surface area contributed by atoms with Crippen molar-refractivity contribution in [3.05, 3.63) is 40.1 Å². The highest BCUT2D eigenvalue weighted by Crippen LogP contribution is 2.16. The van der Waals surface area contributed by atoms with E-state index in [4.69, 9.17) is 4.74 Å². The van der Waals surface area contributed by atoms with Crippen LogP contribution in [0.2, 0.25) is 0 Å². The molecule has 1 aromatic rings. The molecule has 0 heterocycles. The number of hydrogen-bond acceptors (Lipinski definition) is 3. The summed E-state index contributed by atoms with van der Waals surface area (Å²) in [5, 5.41) is 2.67. The third kappa shape index (κ3) is 6.53. The van der Waals surface area contributed by atoms with Crippen molar-refractivity contribution in [1.82, 2.24) is 5.32 Å². The second kappa shape index (κ2) is 8.56. The lowest BCUT2D eigenvalue weighted by atomic mass is 10.2. The van der Waals surface area contributed by atoms with E-state index >= 15 is 0 Å². The number of esters is 1. The molecule has 6 heteroatoms. The molecule has 0 bridgehead atoms. The average Bonchev–Trinajstić information content (AvgIpc) is 2.45. The predicted octanol–water partition coefficient (Wildman–Crippen LogP) is 3.06. The molecular weight excluding hydrogens is 341 g/mol. The van der Waals surface area contributed by atoms with Crippen LogP contribution in [0.4, 0.5) is 4.39 Å². The van der Waals surface area contributed by atoms with E-state index in [9.17, 15) is 14.0 Å². The maximum Gasteiger partial charge on any atom is 0.331 e. The monoisotopic (exact) mass is 357 g/mol. The molecule has 0 saturated carbocycles. The molecule has 0 saturated heterocycles. The smallest absolute Gasteiger partial charge is 0.331 e. The van der Waals surface area contributed by atoms with E-state index in [1.807, 2.05) is 13.8 Å². The predicted molar refractivity (Wildman–Crippen MR) is 82.0 cm³/mol. The Hall–Kier alpha value is -1.69. The summed E-state index contributed by atoms with van der Waals surface area (Å²) in [6, 6.07) is 4.41.